The first-order chi connectivity index (χ1) is 9.72. The van der Waals surface area contributed by atoms with Crippen molar-refractivity contribution in [2.24, 2.45) is 17.6 Å². The highest BCUT2D eigenvalue weighted by Crippen LogP contribution is 2.36. The number of nitrogens with two attached hydrogens (primary N) is 1. The average Bonchev–Trinajstić information content (AvgIpc) is 2.39. The number of benzene rings is 1. The Morgan fingerprint density at radius 2 is 1.81 bits per heavy atom. The van der Waals surface area contributed by atoms with Crippen molar-refractivity contribution in [2.75, 3.05) is 0 Å². The number of primary amides is 1. The Hall–Kier alpha value is -1.52. The van der Waals surface area contributed by atoms with Gasteiger partial charge < -0.3 is 5.73 Å². The van der Waals surface area contributed by atoms with Gasteiger partial charge in [0.2, 0.25) is 5.91 Å². The van der Waals surface area contributed by atoms with Crippen LogP contribution in [0.5, 0.6) is 0 Å². The Labute approximate surface area is 123 Å². The summed E-state index contributed by atoms with van der Waals surface area (Å²) in [5.41, 5.74) is 5.05. The fourth-order valence-corrected chi connectivity index (χ4v) is 2.94. The first kappa shape index (κ1) is 17.5. The van der Waals surface area contributed by atoms with E-state index in [1.165, 1.54) is 6.07 Å². The number of hydrogen-bond donors (Lipinski definition) is 1. The minimum absolute atomic E-state index is 0.0963. The summed E-state index contributed by atoms with van der Waals surface area (Å²) in [6, 6.07) is 4.91. The Kier molecular flexibility index (Phi) is 5.81. The monoisotopic (exact) mass is 301 g/mol. The van der Waals surface area contributed by atoms with Gasteiger partial charge in [0.05, 0.1) is 11.5 Å². The van der Waals surface area contributed by atoms with Gasteiger partial charge in [0, 0.05) is 0 Å². The van der Waals surface area contributed by atoms with Gasteiger partial charge in [0.15, 0.2) is 0 Å². The molecule has 0 aliphatic heterocycles. The largest absolute Gasteiger partial charge is 0.416 e. The quantitative estimate of drug-likeness (QED) is 0.834. The molecule has 1 rings (SSSR count). The third-order valence-corrected chi connectivity index (χ3v) is 4.20. The summed E-state index contributed by atoms with van der Waals surface area (Å²) in [4.78, 5) is 11.8. The molecule has 0 aliphatic carbocycles. The Bertz CT molecular complexity index is 481. The minimum atomic E-state index is -4.42. The zero-order chi connectivity index (χ0) is 16.2. The van der Waals surface area contributed by atoms with Gasteiger partial charge in [-0.15, -0.1) is 0 Å². The van der Waals surface area contributed by atoms with Crippen LogP contribution in [0.25, 0.3) is 0 Å². The molecule has 0 heterocycles. The van der Waals surface area contributed by atoms with E-state index in [4.69, 9.17) is 5.73 Å². The van der Waals surface area contributed by atoms with E-state index < -0.39 is 23.6 Å². The van der Waals surface area contributed by atoms with Crippen molar-refractivity contribution in [3.8, 4) is 0 Å². The normalized spacial score (nSPS) is 15.0. The maximum Gasteiger partial charge on any atom is 0.416 e. The van der Waals surface area contributed by atoms with Gasteiger partial charge in [-0.3, -0.25) is 4.79 Å². The van der Waals surface area contributed by atoms with Gasteiger partial charge in [0.25, 0.3) is 0 Å². The van der Waals surface area contributed by atoms with Crippen LogP contribution in [0, 0.1) is 11.8 Å². The van der Waals surface area contributed by atoms with E-state index in [0.717, 1.165) is 25.0 Å². The van der Waals surface area contributed by atoms with Crippen LogP contribution in [-0.4, -0.2) is 5.91 Å². The van der Waals surface area contributed by atoms with Crippen LogP contribution in [0.15, 0.2) is 24.3 Å². The lowest BCUT2D eigenvalue weighted by atomic mass is 9.76. The fraction of sp³-hybridized carbons (Fsp3) is 0.562. The number of rotatable bonds is 6. The Morgan fingerprint density at radius 1 is 1.24 bits per heavy atom. The van der Waals surface area contributed by atoms with Gasteiger partial charge in [-0.1, -0.05) is 51.8 Å². The molecule has 2 atom stereocenters. The van der Waals surface area contributed by atoms with Crippen molar-refractivity contribution in [3.63, 3.8) is 0 Å². The van der Waals surface area contributed by atoms with Crippen LogP contribution in [0.3, 0.4) is 0 Å². The topological polar surface area (TPSA) is 43.1 Å². The summed E-state index contributed by atoms with van der Waals surface area (Å²) in [7, 11) is 0. The number of carbonyl (C=O) groups is 1. The summed E-state index contributed by atoms with van der Waals surface area (Å²) in [6.07, 6.45) is -2.70. The fourth-order valence-electron chi connectivity index (χ4n) is 2.94. The molecule has 0 fully saturated rings. The minimum Gasteiger partial charge on any atom is -0.369 e. The zero-order valence-corrected chi connectivity index (χ0v) is 12.6. The predicted octanol–water partition coefficient (Wildman–Crippen LogP) is 4.35. The third kappa shape index (κ3) is 4.22. The van der Waals surface area contributed by atoms with Crippen molar-refractivity contribution in [1.29, 1.82) is 0 Å². The van der Waals surface area contributed by atoms with Gasteiger partial charge in [-0.05, 0) is 23.5 Å². The molecule has 2 unspecified atom stereocenters. The van der Waals surface area contributed by atoms with Crippen molar-refractivity contribution < 1.29 is 18.0 Å². The van der Waals surface area contributed by atoms with E-state index >= 15 is 0 Å². The van der Waals surface area contributed by atoms with Crippen molar-refractivity contribution >= 4 is 5.91 Å². The molecule has 1 aromatic rings. The van der Waals surface area contributed by atoms with Crippen LogP contribution < -0.4 is 5.73 Å². The number of alkyl halides is 3. The Morgan fingerprint density at radius 3 is 2.24 bits per heavy atom. The highest BCUT2D eigenvalue weighted by molar-refractivity contribution is 5.82. The molecule has 2 N–H and O–H groups in total. The predicted molar refractivity (Wildman–Crippen MR) is 76.6 cm³/mol. The summed E-state index contributed by atoms with van der Waals surface area (Å²) in [6.45, 7) is 5.90. The summed E-state index contributed by atoms with van der Waals surface area (Å²) < 4.78 is 38.4. The molecule has 0 bridgehead atoms. The molecule has 118 valence electrons. The van der Waals surface area contributed by atoms with Gasteiger partial charge in [-0.25, -0.2) is 0 Å². The first-order valence-corrected chi connectivity index (χ1v) is 7.18. The van der Waals surface area contributed by atoms with Crippen LogP contribution >= 0.6 is 0 Å². The molecule has 0 saturated carbocycles. The van der Waals surface area contributed by atoms with Gasteiger partial charge in [0.1, 0.15) is 0 Å². The Balaban J connectivity index is 3.21. The molecule has 21 heavy (non-hydrogen) atoms. The maximum atomic E-state index is 12.8. The van der Waals surface area contributed by atoms with Gasteiger partial charge >= 0.3 is 6.18 Å². The molecular formula is C16H22F3NO. The molecule has 0 aromatic heterocycles. The van der Waals surface area contributed by atoms with Crippen LogP contribution in [-0.2, 0) is 11.0 Å². The van der Waals surface area contributed by atoms with Crippen LogP contribution in [0.2, 0.25) is 0 Å². The molecule has 0 aliphatic rings. The van der Waals surface area contributed by atoms with E-state index in [9.17, 15) is 18.0 Å². The molecule has 0 radical (unpaired) electrons. The number of halogens is 3. The van der Waals surface area contributed by atoms with Crippen molar-refractivity contribution in [3.05, 3.63) is 35.4 Å². The highest BCUT2D eigenvalue weighted by Gasteiger charge is 2.34. The molecule has 1 aromatic carbocycles. The second kappa shape index (κ2) is 6.96. The summed E-state index contributed by atoms with van der Waals surface area (Å²) in [5, 5.41) is 0. The van der Waals surface area contributed by atoms with E-state index in [0.29, 0.717) is 5.56 Å². The maximum absolute atomic E-state index is 12.8. The number of amides is 1. The van der Waals surface area contributed by atoms with Crippen molar-refractivity contribution in [1.82, 2.24) is 0 Å². The van der Waals surface area contributed by atoms with Gasteiger partial charge in [-0.2, -0.15) is 13.2 Å². The molecule has 2 nitrogen and oxygen atoms in total. The zero-order valence-electron chi connectivity index (χ0n) is 12.6. The second-order valence-electron chi connectivity index (χ2n) is 5.44. The standard InChI is InChI=1S/C16H22F3NO/c1-4-11(5-2)10(3)14(15(20)21)12-7-6-8-13(9-12)16(17,18)19/h6-11,14H,4-5H2,1-3H3,(H2,20,21). The van der Waals surface area contributed by atoms with E-state index in [1.807, 2.05) is 20.8 Å². The second-order valence-corrected chi connectivity index (χ2v) is 5.44. The van der Waals surface area contributed by atoms with E-state index in [2.05, 4.69) is 0 Å². The number of hydrogen-bond acceptors (Lipinski definition) is 1. The average molecular weight is 301 g/mol. The van der Waals surface area contributed by atoms with E-state index in [-0.39, 0.29) is 11.8 Å². The first-order valence-electron chi connectivity index (χ1n) is 7.18. The van der Waals surface area contributed by atoms with Crippen LogP contribution in [0.1, 0.15) is 50.7 Å². The summed E-state index contributed by atoms with van der Waals surface area (Å²) in [5.74, 6) is -1.12. The molecular weight excluding hydrogens is 279 g/mol. The van der Waals surface area contributed by atoms with Crippen molar-refractivity contribution in [2.45, 2.75) is 45.7 Å². The molecule has 0 spiro atoms. The molecule has 5 heteroatoms. The van der Waals surface area contributed by atoms with E-state index in [1.54, 1.807) is 6.07 Å². The lowest BCUT2D eigenvalue weighted by molar-refractivity contribution is -0.137. The molecule has 0 saturated heterocycles. The highest BCUT2D eigenvalue weighted by atomic mass is 19.4. The SMILES string of the molecule is CCC(CC)C(C)C(C(N)=O)c1cccc(C(F)(F)F)c1. The molecule has 1 amide bonds. The number of carbonyl (C=O) groups excluding carboxylic acids is 1. The smallest absolute Gasteiger partial charge is 0.369 e. The summed E-state index contributed by atoms with van der Waals surface area (Å²) >= 11 is 0. The van der Waals surface area contributed by atoms with Crippen LogP contribution in [0.4, 0.5) is 13.2 Å². The lowest BCUT2D eigenvalue weighted by Gasteiger charge is -2.28. The third-order valence-electron chi connectivity index (χ3n) is 4.20. The lowest BCUT2D eigenvalue weighted by Crippen LogP contribution is -2.30.